The van der Waals surface area contributed by atoms with Crippen molar-refractivity contribution in [3.63, 3.8) is 0 Å². The van der Waals surface area contributed by atoms with Crippen LogP contribution in [0.4, 0.5) is 0 Å². The van der Waals surface area contributed by atoms with Crippen LogP contribution in [0.1, 0.15) is 58.3 Å². The minimum absolute atomic E-state index is 0.0173. The summed E-state index contributed by atoms with van der Waals surface area (Å²) < 4.78 is 0. The molecule has 1 amide bonds. The maximum atomic E-state index is 12.0. The monoisotopic (exact) mass is 241 g/mol. The lowest BCUT2D eigenvalue weighted by atomic mass is 9.90. The van der Waals surface area contributed by atoms with Crippen LogP contribution in [0, 0.1) is 5.92 Å². The quantitative estimate of drug-likeness (QED) is 0.793. The van der Waals surface area contributed by atoms with Crippen LogP contribution in [-0.4, -0.2) is 23.0 Å². The molecule has 0 heterocycles. The number of carbonyl (C=O) groups excluding carboxylic acids is 1. The normalized spacial score (nSPS) is 20.1. The molecular formula is C13H23NO3. The van der Waals surface area contributed by atoms with Gasteiger partial charge in [-0.15, -0.1) is 0 Å². The van der Waals surface area contributed by atoms with Crippen LogP contribution in [0.3, 0.4) is 0 Å². The standard InChI is InChI=1S/C13H23NO3/c1-2-11(13(16)17)14-12(15)10-8-6-4-3-5-7-9-10/h10-11H,2-9H2,1H3,(H,14,15)(H,16,17). The molecule has 2 N–H and O–H groups in total. The van der Waals surface area contributed by atoms with Gasteiger partial charge in [-0.1, -0.05) is 39.0 Å². The van der Waals surface area contributed by atoms with E-state index in [0.717, 1.165) is 25.7 Å². The average molecular weight is 241 g/mol. The summed E-state index contributed by atoms with van der Waals surface area (Å²) in [5.41, 5.74) is 0. The molecule has 1 fully saturated rings. The van der Waals surface area contributed by atoms with E-state index in [1.165, 1.54) is 19.3 Å². The van der Waals surface area contributed by atoms with Crippen molar-refractivity contribution in [2.45, 2.75) is 64.3 Å². The van der Waals surface area contributed by atoms with E-state index < -0.39 is 12.0 Å². The summed E-state index contributed by atoms with van der Waals surface area (Å²) in [5, 5.41) is 11.6. The van der Waals surface area contributed by atoms with Gasteiger partial charge in [0.05, 0.1) is 0 Å². The zero-order chi connectivity index (χ0) is 12.7. The highest BCUT2D eigenvalue weighted by molar-refractivity contribution is 5.84. The first-order valence-electron chi connectivity index (χ1n) is 6.68. The third-order valence-corrected chi connectivity index (χ3v) is 3.50. The average Bonchev–Trinajstić information content (AvgIpc) is 2.24. The highest BCUT2D eigenvalue weighted by Crippen LogP contribution is 2.22. The van der Waals surface area contributed by atoms with Gasteiger partial charge in [-0.05, 0) is 19.3 Å². The van der Waals surface area contributed by atoms with Crippen molar-refractivity contribution in [2.24, 2.45) is 5.92 Å². The molecule has 1 saturated carbocycles. The Hall–Kier alpha value is -1.06. The van der Waals surface area contributed by atoms with Crippen molar-refractivity contribution in [3.8, 4) is 0 Å². The van der Waals surface area contributed by atoms with E-state index in [4.69, 9.17) is 5.11 Å². The molecular weight excluding hydrogens is 218 g/mol. The molecule has 1 aliphatic rings. The summed E-state index contributed by atoms with van der Waals surface area (Å²) in [6.07, 6.45) is 8.07. The molecule has 1 unspecified atom stereocenters. The number of aliphatic carboxylic acids is 1. The topological polar surface area (TPSA) is 66.4 Å². The fourth-order valence-corrected chi connectivity index (χ4v) is 2.35. The Kier molecular flexibility index (Phi) is 6.01. The van der Waals surface area contributed by atoms with Gasteiger partial charge in [-0.3, -0.25) is 4.79 Å². The Morgan fingerprint density at radius 2 is 1.71 bits per heavy atom. The van der Waals surface area contributed by atoms with E-state index >= 15 is 0 Å². The van der Waals surface area contributed by atoms with Crippen LogP contribution >= 0.6 is 0 Å². The van der Waals surface area contributed by atoms with Gasteiger partial charge >= 0.3 is 5.97 Å². The minimum atomic E-state index is -0.938. The highest BCUT2D eigenvalue weighted by Gasteiger charge is 2.24. The van der Waals surface area contributed by atoms with E-state index in [1.54, 1.807) is 6.92 Å². The van der Waals surface area contributed by atoms with Crippen molar-refractivity contribution in [2.75, 3.05) is 0 Å². The summed E-state index contributed by atoms with van der Waals surface area (Å²) in [5.74, 6) is -0.989. The van der Waals surface area contributed by atoms with Crippen molar-refractivity contribution in [1.82, 2.24) is 5.32 Å². The molecule has 0 aliphatic heterocycles. The van der Waals surface area contributed by atoms with E-state index in [9.17, 15) is 9.59 Å². The van der Waals surface area contributed by atoms with E-state index in [1.807, 2.05) is 0 Å². The molecule has 17 heavy (non-hydrogen) atoms. The molecule has 0 aromatic heterocycles. The lowest BCUT2D eigenvalue weighted by Crippen LogP contribution is -2.43. The molecule has 98 valence electrons. The Morgan fingerprint density at radius 1 is 1.18 bits per heavy atom. The molecule has 0 radical (unpaired) electrons. The lowest BCUT2D eigenvalue weighted by Gasteiger charge is -2.21. The first-order chi connectivity index (χ1) is 8.15. The third kappa shape index (κ3) is 4.75. The first-order valence-corrected chi connectivity index (χ1v) is 6.68. The van der Waals surface area contributed by atoms with Gasteiger partial charge in [-0.2, -0.15) is 0 Å². The van der Waals surface area contributed by atoms with Gasteiger partial charge in [0.25, 0.3) is 0 Å². The smallest absolute Gasteiger partial charge is 0.326 e. The SMILES string of the molecule is CCC(NC(=O)C1CCCCCCC1)C(=O)O. The van der Waals surface area contributed by atoms with Gasteiger partial charge in [0.2, 0.25) is 5.91 Å². The molecule has 4 nitrogen and oxygen atoms in total. The molecule has 1 aliphatic carbocycles. The number of amides is 1. The maximum Gasteiger partial charge on any atom is 0.326 e. The van der Waals surface area contributed by atoms with Crippen LogP contribution in [0.15, 0.2) is 0 Å². The fraction of sp³-hybridized carbons (Fsp3) is 0.846. The zero-order valence-corrected chi connectivity index (χ0v) is 10.6. The minimum Gasteiger partial charge on any atom is -0.480 e. The number of hydrogen-bond acceptors (Lipinski definition) is 2. The summed E-state index contributed by atoms with van der Waals surface area (Å²) in [4.78, 5) is 22.8. The molecule has 0 spiro atoms. The fourth-order valence-electron chi connectivity index (χ4n) is 2.35. The number of carboxylic acids is 1. The first kappa shape index (κ1) is 14.0. The Bertz CT molecular complexity index is 257. The third-order valence-electron chi connectivity index (χ3n) is 3.50. The summed E-state index contributed by atoms with van der Waals surface area (Å²) in [7, 11) is 0. The van der Waals surface area contributed by atoms with Gasteiger partial charge in [0.15, 0.2) is 0 Å². The predicted molar refractivity (Wildman–Crippen MR) is 65.7 cm³/mol. The Balaban J connectivity index is 2.46. The maximum absolute atomic E-state index is 12.0. The summed E-state index contributed by atoms with van der Waals surface area (Å²) in [6.45, 7) is 1.77. The number of carboxylic acid groups (broad SMARTS) is 1. The number of rotatable bonds is 4. The van der Waals surface area contributed by atoms with Crippen LogP contribution in [0.2, 0.25) is 0 Å². The second kappa shape index (κ2) is 7.30. The van der Waals surface area contributed by atoms with E-state index in [2.05, 4.69) is 5.32 Å². The van der Waals surface area contributed by atoms with Crippen LogP contribution in [0.25, 0.3) is 0 Å². The molecule has 1 rings (SSSR count). The summed E-state index contributed by atoms with van der Waals surface area (Å²) >= 11 is 0. The van der Waals surface area contributed by atoms with Crippen LogP contribution < -0.4 is 5.32 Å². The molecule has 0 saturated heterocycles. The van der Waals surface area contributed by atoms with Gasteiger partial charge in [-0.25, -0.2) is 4.79 Å². The Labute approximate surface area is 103 Å². The molecule has 1 atom stereocenters. The highest BCUT2D eigenvalue weighted by atomic mass is 16.4. The van der Waals surface area contributed by atoms with Crippen LogP contribution in [-0.2, 0) is 9.59 Å². The van der Waals surface area contributed by atoms with Crippen molar-refractivity contribution in [3.05, 3.63) is 0 Å². The van der Waals surface area contributed by atoms with E-state index in [-0.39, 0.29) is 11.8 Å². The largest absolute Gasteiger partial charge is 0.480 e. The van der Waals surface area contributed by atoms with Crippen molar-refractivity contribution >= 4 is 11.9 Å². The van der Waals surface area contributed by atoms with Gasteiger partial charge < -0.3 is 10.4 Å². The zero-order valence-electron chi connectivity index (χ0n) is 10.6. The molecule has 4 heteroatoms. The number of hydrogen-bond donors (Lipinski definition) is 2. The van der Waals surface area contributed by atoms with Gasteiger partial charge in [0, 0.05) is 5.92 Å². The summed E-state index contributed by atoms with van der Waals surface area (Å²) in [6, 6.07) is -0.729. The molecule has 0 aromatic carbocycles. The molecule has 0 aromatic rings. The second-order valence-corrected chi connectivity index (χ2v) is 4.85. The molecule has 0 bridgehead atoms. The van der Waals surface area contributed by atoms with Crippen molar-refractivity contribution in [1.29, 1.82) is 0 Å². The van der Waals surface area contributed by atoms with Crippen LogP contribution in [0.5, 0.6) is 0 Å². The number of nitrogens with one attached hydrogen (secondary N) is 1. The Morgan fingerprint density at radius 3 is 2.18 bits per heavy atom. The number of carbonyl (C=O) groups is 2. The van der Waals surface area contributed by atoms with Gasteiger partial charge in [0.1, 0.15) is 6.04 Å². The lowest BCUT2D eigenvalue weighted by molar-refractivity contribution is -0.142. The van der Waals surface area contributed by atoms with Crippen molar-refractivity contribution < 1.29 is 14.7 Å². The second-order valence-electron chi connectivity index (χ2n) is 4.85. The predicted octanol–water partition coefficient (Wildman–Crippen LogP) is 2.33. The van der Waals surface area contributed by atoms with E-state index in [0.29, 0.717) is 6.42 Å².